The monoisotopic (exact) mass is 512 g/mol. The molecule has 0 unspecified atom stereocenters. The summed E-state index contributed by atoms with van der Waals surface area (Å²) in [6.45, 7) is 6.31. The first-order valence-corrected chi connectivity index (χ1v) is 12.3. The Kier molecular flexibility index (Phi) is 9.97. The first kappa shape index (κ1) is 28.1. The largest absolute Gasteiger partial charge is 0.493 e. The van der Waals surface area contributed by atoms with Crippen LogP contribution in [0.15, 0.2) is 48.0 Å². The predicted molar refractivity (Wildman–Crippen MR) is 138 cm³/mol. The molecule has 1 heterocycles. The molecule has 1 aliphatic heterocycles. The van der Waals surface area contributed by atoms with Crippen molar-refractivity contribution in [1.82, 2.24) is 0 Å². The summed E-state index contributed by atoms with van der Waals surface area (Å²) >= 11 is 0. The van der Waals surface area contributed by atoms with Crippen molar-refractivity contribution in [3.63, 3.8) is 0 Å². The Hall–Kier alpha value is -3.52. The van der Waals surface area contributed by atoms with Crippen molar-refractivity contribution in [2.75, 3.05) is 41.2 Å². The summed E-state index contributed by atoms with van der Waals surface area (Å²) < 4.78 is 33.6. The Morgan fingerprint density at radius 2 is 1.65 bits per heavy atom. The van der Waals surface area contributed by atoms with Crippen molar-refractivity contribution in [3.8, 4) is 17.2 Å². The van der Waals surface area contributed by atoms with E-state index in [4.69, 9.17) is 28.4 Å². The first-order valence-electron chi connectivity index (χ1n) is 12.3. The fourth-order valence-corrected chi connectivity index (χ4v) is 4.46. The lowest BCUT2D eigenvalue weighted by Gasteiger charge is -2.24. The third-order valence-electron chi connectivity index (χ3n) is 6.62. The molecule has 200 valence electrons. The van der Waals surface area contributed by atoms with E-state index in [1.165, 1.54) is 0 Å². The van der Waals surface area contributed by atoms with Gasteiger partial charge in [-0.2, -0.15) is 0 Å². The van der Waals surface area contributed by atoms with Gasteiger partial charge in [-0.3, -0.25) is 0 Å². The predicted octanol–water partition coefficient (Wildman–Crippen LogP) is 4.94. The molecule has 0 saturated carbocycles. The Morgan fingerprint density at radius 1 is 1.00 bits per heavy atom. The van der Waals surface area contributed by atoms with Crippen molar-refractivity contribution in [2.24, 2.45) is 11.8 Å². The molecular formula is C29H36O8. The Bertz CT molecular complexity index is 1080. The van der Waals surface area contributed by atoms with Gasteiger partial charge in [-0.15, -0.1) is 0 Å². The summed E-state index contributed by atoms with van der Waals surface area (Å²) in [7, 11) is 4.69. The van der Waals surface area contributed by atoms with Crippen molar-refractivity contribution in [3.05, 3.63) is 64.7 Å². The summed E-state index contributed by atoms with van der Waals surface area (Å²) in [5.74, 6) is 0.799. The zero-order valence-electron chi connectivity index (χ0n) is 22.4. The smallest absolute Gasteiger partial charge is 0.338 e. The fourth-order valence-electron chi connectivity index (χ4n) is 4.46. The Balaban J connectivity index is 1.88. The van der Waals surface area contributed by atoms with Crippen LogP contribution < -0.4 is 14.2 Å². The van der Waals surface area contributed by atoms with Crippen LogP contribution in [0.2, 0.25) is 0 Å². The molecule has 1 saturated heterocycles. The molecule has 3 atom stereocenters. The Labute approximate surface area is 218 Å². The second-order valence-corrected chi connectivity index (χ2v) is 8.83. The minimum Gasteiger partial charge on any atom is -0.493 e. The molecule has 0 aliphatic carbocycles. The lowest BCUT2D eigenvalue weighted by Crippen LogP contribution is -2.24. The maximum absolute atomic E-state index is 12.4. The molecular weight excluding hydrogens is 476 g/mol. The third-order valence-corrected chi connectivity index (χ3v) is 6.62. The van der Waals surface area contributed by atoms with Gasteiger partial charge in [0.15, 0.2) is 11.5 Å². The first-order chi connectivity index (χ1) is 17.9. The average molecular weight is 513 g/mol. The lowest BCUT2D eigenvalue weighted by atomic mass is 9.84. The van der Waals surface area contributed by atoms with Crippen molar-refractivity contribution >= 4 is 11.9 Å². The molecule has 0 spiro atoms. The molecule has 0 bridgehead atoms. The fraction of sp³-hybridized carbons (Fsp3) is 0.448. The maximum Gasteiger partial charge on any atom is 0.338 e. The van der Waals surface area contributed by atoms with Crippen LogP contribution in [-0.4, -0.2) is 53.1 Å². The number of esters is 2. The van der Waals surface area contributed by atoms with Gasteiger partial charge in [-0.1, -0.05) is 18.2 Å². The molecule has 0 radical (unpaired) electrons. The third kappa shape index (κ3) is 6.63. The lowest BCUT2D eigenvalue weighted by molar-refractivity contribution is -0.141. The van der Waals surface area contributed by atoms with Gasteiger partial charge in [0, 0.05) is 11.5 Å². The summed E-state index contributed by atoms with van der Waals surface area (Å²) in [6, 6.07) is 11.1. The maximum atomic E-state index is 12.4. The van der Waals surface area contributed by atoms with Crippen molar-refractivity contribution < 1.29 is 38.0 Å². The molecule has 8 nitrogen and oxygen atoms in total. The zero-order chi connectivity index (χ0) is 26.9. The van der Waals surface area contributed by atoms with Gasteiger partial charge < -0.3 is 28.4 Å². The number of hydrogen-bond acceptors (Lipinski definition) is 8. The highest BCUT2D eigenvalue weighted by Crippen LogP contribution is 2.46. The van der Waals surface area contributed by atoms with E-state index in [0.717, 1.165) is 11.1 Å². The highest BCUT2D eigenvalue weighted by Gasteiger charge is 2.40. The van der Waals surface area contributed by atoms with E-state index < -0.39 is 0 Å². The summed E-state index contributed by atoms with van der Waals surface area (Å²) in [6.07, 6.45) is 2.07. The standard InChI is InChI=1S/C29H36O8/c1-7-18(3)28(30)37-17-23-22(13-19-9-11-20(12-10-19)29(31)35-8-2)16-36-26(23)21-14-24(32-4)27(34-6)25(15-21)33-5/h7,9-12,14-15,22-23,26H,8,13,16-17H2,1-6H3/b18-7-/t22-,23-,26+/m0/s1. The summed E-state index contributed by atoms with van der Waals surface area (Å²) in [5.41, 5.74) is 2.96. The van der Waals surface area contributed by atoms with Gasteiger partial charge in [-0.05, 0) is 68.5 Å². The van der Waals surface area contributed by atoms with E-state index in [2.05, 4.69) is 0 Å². The van der Waals surface area contributed by atoms with Crippen LogP contribution in [0.4, 0.5) is 0 Å². The number of methoxy groups -OCH3 is 3. The molecule has 3 rings (SSSR count). The zero-order valence-corrected chi connectivity index (χ0v) is 22.4. The molecule has 37 heavy (non-hydrogen) atoms. The van der Waals surface area contributed by atoms with Crippen LogP contribution >= 0.6 is 0 Å². The quantitative estimate of drug-likeness (QED) is 0.309. The van der Waals surface area contributed by atoms with Crippen LogP contribution in [0.3, 0.4) is 0 Å². The van der Waals surface area contributed by atoms with E-state index in [9.17, 15) is 9.59 Å². The minimum absolute atomic E-state index is 0.0660. The number of rotatable bonds is 11. The molecule has 2 aromatic carbocycles. The Morgan fingerprint density at radius 3 is 2.19 bits per heavy atom. The van der Waals surface area contributed by atoms with Crippen LogP contribution in [0.5, 0.6) is 17.2 Å². The van der Waals surface area contributed by atoms with Gasteiger partial charge in [0.05, 0.1) is 52.8 Å². The molecule has 8 heteroatoms. The molecule has 2 aromatic rings. The van der Waals surface area contributed by atoms with E-state index in [1.54, 1.807) is 60.3 Å². The highest BCUT2D eigenvalue weighted by atomic mass is 16.5. The number of carbonyl (C=O) groups is 2. The normalized spacial score (nSPS) is 19.3. The van der Waals surface area contributed by atoms with Gasteiger partial charge in [0.25, 0.3) is 0 Å². The van der Waals surface area contributed by atoms with Gasteiger partial charge >= 0.3 is 11.9 Å². The topological polar surface area (TPSA) is 89.5 Å². The number of hydrogen-bond donors (Lipinski definition) is 0. The van der Waals surface area contributed by atoms with Crippen LogP contribution in [-0.2, 0) is 25.4 Å². The van der Waals surface area contributed by atoms with Crippen molar-refractivity contribution in [2.45, 2.75) is 33.3 Å². The second-order valence-electron chi connectivity index (χ2n) is 8.83. The van der Waals surface area contributed by atoms with E-state index in [1.807, 2.05) is 24.3 Å². The molecule has 0 N–H and O–H groups in total. The van der Waals surface area contributed by atoms with E-state index in [-0.39, 0.29) is 36.5 Å². The molecule has 0 aromatic heterocycles. The van der Waals surface area contributed by atoms with Gasteiger partial charge in [-0.25, -0.2) is 9.59 Å². The van der Waals surface area contributed by atoms with Gasteiger partial charge in [0.2, 0.25) is 5.75 Å². The average Bonchev–Trinajstić information content (AvgIpc) is 3.32. The molecule has 1 fully saturated rings. The van der Waals surface area contributed by atoms with E-state index >= 15 is 0 Å². The van der Waals surface area contributed by atoms with E-state index in [0.29, 0.717) is 48.0 Å². The summed E-state index contributed by atoms with van der Waals surface area (Å²) in [5, 5.41) is 0. The van der Waals surface area contributed by atoms with Crippen LogP contribution in [0.1, 0.15) is 48.4 Å². The summed E-state index contributed by atoms with van der Waals surface area (Å²) in [4.78, 5) is 24.5. The SMILES string of the molecule is C/C=C(/C)C(=O)OC[C@H]1[C@@H](Cc2ccc(C(=O)OCC)cc2)CO[C@@H]1c1cc(OC)c(OC)c(OC)c1. The van der Waals surface area contributed by atoms with Gasteiger partial charge in [0.1, 0.15) is 0 Å². The minimum atomic E-state index is -0.351. The number of benzene rings is 2. The number of ether oxygens (including phenoxy) is 6. The van der Waals surface area contributed by atoms with Crippen LogP contribution in [0.25, 0.3) is 0 Å². The molecule has 1 aliphatic rings. The molecule has 0 amide bonds. The highest BCUT2D eigenvalue weighted by molar-refractivity contribution is 5.89. The number of carbonyl (C=O) groups excluding carboxylic acids is 2. The number of allylic oxidation sites excluding steroid dienone is 1. The second kappa shape index (κ2) is 13.1. The van der Waals surface area contributed by atoms with Crippen molar-refractivity contribution in [1.29, 1.82) is 0 Å². The van der Waals surface area contributed by atoms with Crippen LogP contribution in [0, 0.1) is 11.8 Å².